The maximum absolute atomic E-state index is 11.6. The zero-order valence-corrected chi connectivity index (χ0v) is 11.5. The normalized spacial score (nSPS) is 26.4. The molecule has 0 heterocycles. The summed E-state index contributed by atoms with van der Waals surface area (Å²) in [6.45, 7) is 4.16. The number of aliphatic hydroxyl groups is 1. The minimum Gasteiger partial charge on any atom is -0.396 e. The molecule has 6 heteroatoms. The van der Waals surface area contributed by atoms with Gasteiger partial charge in [0.25, 0.3) is 10.2 Å². The first-order chi connectivity index (χ1) is 7.94. The maximum Gasteiger partial charge on any atom is 0.277 e. The molecule has 1 rings (SSSR count). The predicted molar refractivity (Wildman–Crippen MR) is 67.7 cm³/mol. The van der Waals surface area contributed by atoms with Gasteiger partial charge in [0.15, 0.2) is 0 Å². The quantitative estimate of drug-likeness (QED) is 0.658. The molecule has 0 radical (unpaired) electrons. The van der Waals surface area contributed by atoms with Crippen LogP contribution in [0, 0.1) is 11.8 Å². The van der Waals surface area contributed by atoms with Gasteiger partial charge in [-0.1, -0.05) is 12.8 Å². The number of hydrogen-bond donors (Lipinski definition) is 3. The van der Waals surface area contributed by atoms with Crippen LogP contribution < -0.4 is 9.44 Å². The zero-order chi connectivity index (χ0) is 12.9. The Labute approximate surface area is 104 Å². The van der Waals surface area contributed by atoms with Crippen LogP contribution in [0.2, 0.25) is 0 Å². The van der Waals surface area contributed by atoms with Crippen molar-refractivity contribution >= 4 is 10.2 Å². The Hall–Kier alpha value is -0.170. The lowest BCUT2D eigenvalue weighted by Gasteiger charge is -2.30. The molecule has 3 N–H and O–H groups in total. The smallest absolute Gasteiger partial charge is 0.277 e. The van der Waals surface area contributed by atoms with Gasteiger partial charge in [-0.3, -0.25) is 0 Å². The highest BCUT2D eigenvalue weighted by atomic mass is 32.2. The monoisotopic (exact) mass is 264 g/mol. The molecule has 0 aromatic rings. The predicted octanol–water partition coefficient (Wildman–Crippen LogP) is 0.617. The van der Waals surface area contributed by atoms with Gasteiger partial charge in [0.05, 0.1) is 0 Å². The van der Waals surface area contributed by atoms with Crippen LogP contribution in [0.25, 0.3) is 0 Å². The minimum atomic E-state index is -3.39. The van der Waals surface area contributed by atoms with Crippen LogP contribution in [0.15, 0.2) is 0 Å². The summed E-state index contributed by atoms with van der Waals surface area (Å²) in [4.78, 5) is 0. The molecule has 0 spiro atoms. The largest absolute Gasteiger partial charge is 0.396 e. The average molecular weight is 264 g/mol. The first-order valence-corrected chi connectivity index (χ1v) is 7.80. The van der Waals surface area contributed by atoms with E-state index in [1.807, 2.05) is 0 Å². The van der Waals surface area contributed by atoms with Crippen molar-refractivity contribution in [1.82, 2.24) is 9.44 Å². The zero-order valence-electron chi connectivity index (χ0n) is 10.6. The van der Waals surface area contributed by atoms with Gasteiger partial charge >= 0.3 is 0 Å². The van der Waals surface area contributed by atoms with E-state index in [2.05, 4.69) is 9.44 Å². The van der Waals surface area contributed by atoms with E-state index in [4.69, 9.17) is 0 Å². The molecule has 5 nitrogen and oxygen atoms in total. The molecule has 1 saturated carbocycles. The Morgan fingerprint density at radius 1 is 1.24 bits per heavy atom. The molecule has 0 aliphatic heterocycles. The van der Waals surface area contributed by atoms with Gasteiger partial charge in [-0.2, -0.15) is 13.1 Å². The van der Waals surface area contributed by atoms with Gasteiger partial charge in [0.1, 0.15) is 0 Å². The van der Waals surface area contributed by atoms with E-state index in [0.717, 1.165) is 25.7 Å². The SMILES string of the molecule is CC(C)NS(=O)(=O)NCC1CCCCC1CO. The molecule has 0 amide bonds. The van der Waals surface area contributed by atoms with Gasteiger partial charge in [-0.15, -0.1) is 0 Å². The fraction of sp³-hybridized carbons (Fsp3) is 1.00. The Kier molecular flexibility index (Phi) is 5.85. The lowest BCUT2D eigenvalue weighted by atomic mass is 9.80. The highest BCUT2D eigenvalue weighted by Crippen LogP contribution is 2.29. The van der Waals surface area contributed by atoms with E-state index in [1.165, 1.54) is 0 Å². The molecule has 0 bridgehead atoms. The standard InChI is InChI=1S/C11H24N2O3S/c1-9(2)13-17(15,16)12-7-10-5-3-4-6-11(10)8-14/h9-14H,3-8H2,1-2H3. The summed E-state index contributed by atoms with van der Waals surface area (Å²) >= 11 is 0. The van der Waals surface area contributed by atoms with Crippen molar-refractivity contribution in [1.29, 1.82) is 0 Å². The molecule has 0 aromatic carbocycles. The second-order valence-corrected chi connectivity index (χ2v) is 6.64. The second-order valence-electron chi connectivity index (χ2n) is 5.11. The third-order valence-electron chi connectivity index (χ3n) is 3.23. The van der Waals surface area contributed by atoms with E-state index in [0.29, 0.717) is 6.54 Å². The Balaban J connectivity index is 2.43. The van der Waals surface area contributed by atoms with Gasteiger partial charge in [0, 0.05) is 19.2 Å². The number of nitrogens with one attached hydrogen (secondary N) is 2. The minimum absolute atomic E-state index is 0.104. The molecule has 17 heavy (non-hydrogen) atoms. The summed E-state index contributed by atoms with van der Waals surface area (Å²) in [5.41, 5.74) is 0. The number of hydrogen-bond acceptors (Lipinski definition) is 3. The third-order valence-corrected chi connectivity index (χ3v) is 4.56. The van der Waals surface area contributed by atoms with Gasteiger partial charge in [0.2, 0.25) is 0 Å². The van der Waals surface area contributed by atoms with Crippen LogP contribution in [0.3, 0.4) is 0 Å². The maximum atomic E-state index is 11.6. The van der Waals surface area contributed by atoms with Crippen molar-refractivity contribution in [3.63, 3.8) is 0 Å². The fourth-order valence-corrected chi connectivity index (χ4v) is 3.50. The molecular weight excluding hydrogens is 240 g/mol. The average Bonchev–Trinajstić information content (AvgIpc) is 2.25. The fourth-order valence-electron chi connectivity index (χ4n) is 2.36. The Morgan fingerprint density at radius 2 is 1.82 bits per heavy atom. The molecule has 1 fully saturated rings. The topological polar surface area (TPSA) is 78.4 Å². The number of rotatable bonds is 6. The molecule has 2 atom stereocenters. The molecule has 1 aliphatic carbocycles. The van der Waals surface area contributed by atoms with Crippen molar-refractivity contribution in [3.05, 3.63) is 0 Å². The molecule has 102 valence electrons. The van der Waals surface area contributed by atoms with Crippen LogP contribution in [-0.2, 0) is 10.2 Å². The van der Waals surface area contributed by atoms with E-state index in [1.54, 1.807) is 13.8 Å². The summed E-state index contributed by atoms with van der Waals surface area (Å²) in [5.74, 6) is 0.503. The van der Waals surface area contributed by atoms with Crippen molar-refractivity contribution in [2.75, 3.05) is 13.2 Å². The summed E-state index contributed by atoms with van der Waals surface area (Å²) in [6.07, 6.45) is 4.26. The molecule has 0 saturated heterocycles. The first kappa shape index (κ1) is 14.9. The Morgan fingerprint density at radius 3 is 2.35 bits per heavy atom. The van der Waals surface area contributed by atoms with E-state index in [9.17, 15) is 13.5 Å². The molecule has 0 aromatic heterocycles. The van der Waals surface area contributed by atoms with Crippen molar-refractivity contribution < 1.29 is 13.5 Å². The van der Waals surface area contributed by atoms with Crippen LogP contribution in [0.4, 0.5) is 0 Å². The lowest BCUT2D eigenvalue weighted by molar-refractivity contribution is 0.136. The van der Waals surface area contributed by atoms with Crippen LogP contribution in [-0.4, -0.2) is 32.7 Å². The first-order valence-electron chi connectivity index (χ1n) is 6.32. The Bertz CT molecular complexity index is 317. The number of aliphatic hydroxyl groups excluding tert-OH is 1. The third kappa shape index (κ3) is 5.33. The van der Waals surface area contributed by atoms with Crippen LogP contribution >= 0.6 is 0 Å². The van der Waals surface area contributed by atoms with Crippen molar-refractivity contribution in [2.24, 2.45) is 11.8 Å². The molecular formula is C11H24N2O3S. The van der Waals surface area contributed by atoms with Gasteiger partial charge in [-0.25, -0.2) is 4.72 Å². The van der Waals surface area contributed by atoms with Gasteiger partial charge in [-0.05, 0) is 38.5 Å². The summed E-state index contributed by atoms with van der Waals surface area (Å²) in [5, 5.41) is 9.24. The van der Waals surface area contributed by atoms with E-state index < -0.39 is 10.2 Å². The molecule has 1 aliphatic rings. The highest BCUT2D eigenvalue weighted by Gasteiger charge is 2.25. The summed E-state index contributed by atoms with van der Waals surface area (Å²) < 4.78 is 28.3. The van der Waals surface area contributed by atoms with Crippen molar-refractivity contribution in [3.8, 4) is 0 Å². The van der Waals surface area contributed by atoms with Gasteiger partial charge < -0.3 is 5.11 Å². The highest BCUT2D eigenvalue weighted by molar-refractivity contribution is 7.87. The van der Waals surface area contributed by atoms with Crippen LogP contribution in [0.5, 0.6) is 0 Å². The van der Waals surface area contributed by atoms with Crippen molar-refractivity contribution in [2.45, 2.75) is 45.6 Å². The van der Waals surface area contributed by atoms with Crippen LogP contribution in [0.1, 0.15) is 39.5 Å². The molecule has 2 unspecified atom stereocenters. The lowest BCUT2D eigenvalue weighted by Crippen LogP contribution is -2.43. The van der Waals surface area contributed by atoms with E-state index in [-0.39, 0.29) is 24.5 Å². The van der Waals surface area contributed by atoms with E-state index >= 15 is 0 Å². The summed E-state index contributed by atoms with van der Waals surface area (Å²) in [7, 11) is -3.39. The summed E-state index contributed by atoms with van der Waals surface area (Å²) in [6, 6.07) is -0.104. The second kappa shape index (κ2) is 6.68.